The van der Waals surface area contributed by atoms with Gasteiger partial charge in [0, 0.05) is 6.04 Å². The number of halogens is 1. The fraction of sp³-hybridized carbons (Fsp3) is 1.00. The largest absolute Gasteiger partial charge is 0.393 e. The van der Waals surface area contributed by atoms with Gasteiger partial charge in [-0.3, -0.25) is 9.29 Å². The minimum atomic E-state index is -0.153. The Morgan fingerprint density at radius 3 is 2.50 bits per heavy atom. The maximum atomic E-state index is 12.6. The van der Waals surface area contributed by atoms with Gasteiger partial charge < -0.3 is 5.11 Å². The summed E-state index contributed by atoms with van der Waals surface area (Å²) >= 11 is 0. The van der Waals surface area contributed by atoms with Crippen molar-refractivity contribution in [3.63, 3.8) is 0 Å². The molecule has 1 heterocycles. The molecule has 0 bridgehead atoms. The third kappa shape index (κ3) is 3.45. The number of alkyl halides is 1. The van der Waals surface area contributed by atoms with Crippen molar-refractivity contribution in [3.8, 4) is 0 Å². The first-order chi connectivity index (χ1) is 8.74. The van der Waals surface area contributed by atoms with Crippen LogP contribution in [0.5, 0.6) is 0 Å². The third-order valence-corrected chi connectivity index (χ3v) is 4.92. The number of nitrogens with zero attached hydrogens (tertiary/aromatic N) is 1. The number of aliphatic hydroxyl groups is 1. The summed E-state index contributed by atoms with van der Waals surface area (Å²) in [5.41, 5.74) is 0. The normalized spacial score (nSPS) is 35.8. The van der Waals surface area contributed by atoms with Crippen LogP contribution in [0.15, 0.2) is 0 Å². The van der Waals surface area contributed by atoms with E-state index < -0.39 is 0 Å². The lowest BCUT2D eigenvalue weighted by Crippen LogP contribution is -2.49. The minimum absolute atomic E-state index is 0.109. The molecule has 18 heavy (non-hydrogen) atoms. The molecule has 3 unspecified atom stereocenters. The molecule has 2 rings (SSSR count). The molecule has 2 nitrogen and oxygen atoms in total. The Kier molecular flexibility index (Phi) is 5.43. The Hall–Kier alpha value is -0.150. The van der Waals surface area contributed by atoms with Crippen molar-refractivity contribution >= 4 is 0 Å². The van der Waals surface area contributed by atoms with E-state index in [1.807, 2.05) is 0 Å². The topological polar surface area (TPSA) is 23.5 Å². The second kappa shape index (κ2) is 6.85. The van der Waals surface area contributed by atoms with Crippen LogP contribution in [0, 0.1) is 11.8 Å². The van der Waals surface area contributed by atoms with E-state index in [2.05, 4.69) is 11.8 Å². The van der Waals surface area contributed by atoms with Gasteiger partial charge in [-0.25, -0.2) is 0 Å². The summed E-state index contributed by atoms with van der Waals surface area (Å²) < 4.78 is 12.6. The summed E-state index contributed by atoms with van der Waals surface area (Å²) in [6.07, 6.45) is 7.49. The first-order valence-corrected chi connectivity index (χ1v) is 7.72. The predicted octanol–water partition coefficient (Wildman–Crippen LogP) is 3.00. The molecule has 0 aromatic heterocycles. The van der Waals surface area contributed by atoms with E-state index in [0.717, 1.165) is 44.7 Å². The van der Waals surface area contributed by atoms with Crippen LogP contribution in [0.2, 0.25) is 0 Å². The van der Waals surface area contributed by atoms with Crippen molar-refractivity contribution in [1.82, 2.24) is 4.90 Å². The fourth-order valence-electron chi connectivity index (χ4n) is 3.78. The number of rotatable bonds is 4. The number of piperidine rings is 1. The van der Waals surface area contributed by atoms with Crippen LogP contribution in [0.1, 0.15) is 51.9 Å². The van der Waals surface area contributed by atoms with E-state index in [-0.39, 0.29) is 12.8 Å². The molecule has 2 aliphatic rings. The van der Waals surface area contributed by atoms with Gasteiger partial charge >= 0.3 is 0 Å². The van der Waals surface area contributed by atoms with Crippen LogP contribution < -0.4 is 0 Å². The van der Waals surface area contributed by atoms with Gasteiger partial charge in [0.25, 0.3) is 0 Å². The van der Waals surface area contributed by atoms with E-state index >= 15 is 0 Å². The molecule has 1 saturated carbocycles. The van der Waals surface area contributed by atoms with Gasteiger partial charge in [0.05, 0.1) is 12.8 Å². The molecule has 1 aliphatic carbocycles. The molecule has 106 valence electrons. The SMILES string of the molecule is CCCC1CCC(O)CC1N1CCC(CF)CC1. The smallest absolute Gasteiger partial charge is 0.0923 e. The number of aliphatic hydroxyl groups excluding tert-OH is 1. The van der Waals surface area contributed by atoms with Gasteiger partial charge in [0.15, 0.2) is 0 Å². The summed E-state index contributed by atoms with van der Waals surface area (Å²) in [4.78, 5) is 2.54. The van der Waals surface area contributed by atoms with Crippen LogP contribution >= 0.6 is 0 Å². The average Bonchev–Trinajstić information content (AvgIpc) is 2.41. The van der Waals surface area contributed by atoms with E-state index in [0.29, 0.717) is 12.0 Å². The minimum Gasteiger partial charge on any atom is -0.393 e. The van der Waals surface area contributed by atoms with Crippen molar-refractivity contribution in [1.29, 1.82) is 0 Å². The monoisotopic (exact) mass is 257 g/mol. The van der Waals surface area contributed by atoms with Crippen molar-refractivity contribution in [2.75, 3.05) is 19.8 Å². The Morgan fingerprint density at radius 1 is 1.17 bits per heavy atom. The predicted molar refractivity (Wildman–Crippen MR) is 72.3 cm³/mol. The molecular formula is C15H28FNO. The Balaban J connectivity index is 1.91. The second-order valence-electron chi connectivity index (χ2n) is 6.22. The van der Waals surface area contributed by atoms with Crippen LogP contribution in [0.25, 0.3) is 0 Å². The van der Waals surface area contributed by atoms with Crippen LogP contribution in [-0.4, -0.2) is 41.9 Å². The summed E-state index contributed by atoms with van der Waals surface area (Å²) in [6, 6.07) is 0.550. The molecule has 0 spiro atoms. The molecule has 0 amide bonds. The molecule has 1 aliphatic heterocycles. The van der Waals surface area contributed by atoms with Crippen LogP contribution in [0.3, 0.4) is 0 Å². The zero-order chi connectivity index (χ0) is 13.0. The third-order valence-electron chi connectivity index (χ3n) is 4.92. The first-order valence-electron chi connectivity index (χ1n) is 7.72. The molecule has 3 atom stereocenters. The molecular weight excluding hydrogens is 229 g/mol. The Bertz CT molecular complexity index is 241. The molecule has 3 heteroatoms. The molecule has 1 saturated heterocycles. The maximum Gasteiger partial charge on any atom is 0.0923 e. The Morgan fingerprint density at radius 2 is 1.89 bits per heavy atom. The summed E-state index contributed by atoms with van der Waals surface area (Å²) in [5.74, 6) is 1.04. The van der Waals surface area contributed by atoms with Gasteiger partial charge in [-0.05, 0) is 63.5 Å². The zero-order valence-corrected chi connectivity index (χ0v) is 11.7. The standard InChI is InChI=1S/C15H28FNO/c1-2-3-13-4-5-14(18)10-15(13)17-8-6-12(11-16)7-9-17/h12-15,18H,2-11H2,1H3. The number of hydrogen-bond donors (Lipinski definition) is 1. The zero-order valence-electron chi connectivity index (χ0n) is 11.7. The molecule has 0 aromatic carbocycles. The van der Waals surface area contributed by atoms with E-state index in [1.165, 1.54) is 19.3 Å². The lowest BCUT2D eigenvalue weighted by atomic mass is 9.78. The molecule has 0 aromatic rings. The summed E-state index contributed by atoms with van der Waals surface area (Å²) in [6.45, 7) is 4.16. The number of likely N-dealkylation sites (tertiary alicyclic amines) is 1. The summed E-state index contributed by atoms with van der Waals surface area (Å²) in [5, 5.41) is 9.91. The Labute approximate surface area is 111 Å². The second-order valence-corrected chi connectivity index (χ2v) is 6.22. The first kappa shape index (κ1) is 14.3. The van der Waals surface area contributed by atoms with Gasteiger partial charge in [-0.2, -0.15) is 0 Å². The van der Waals surface area contributed by atoms with Gasteiger partial charge in [-0.15, -0.1) is 0 Å². The highest BCUT2D eigenvalue weighted by Crippen LogP contribution is 2.34. The van der Waals surface area contributed by atoms with E-state index in [4.69, 9.17) is 0 Å². The van der Waals surface area contributed by atoms with E-state index in [1.54, 1.807) is 0 Å². The van der Waals surface area contributed by atoms with E-state index in [9.17, 15) is 9.50 Å². The molecule has 0 radical (unpaired) electrons. The average molecular weight is 257 g/mol. The van der Waals surface area contributed by atoms with Gasteiger partial charge in [-0.1, -0.05) is 13.3 Å². The highest BCUT2D eigenvalue weighted by Gasteiger charge is 2.34. The maximum absolute atomic E-state index is 12.6. The van der Waals surface area contributed by atoms with Crippen LogP contribution in [0.4, 0.5) is 4.39 Å². The fourth-order valence-corrected chi connectivity index (χ4v) is 3.78. The van der Waals surface area contributed by atoms with Crippen LogP contribution in [-0.2, 0) is 0 Å². The summed E-state index contributed by atoms with van der Waals surface area (Å²) in [7, 11) is 0. The lowest BCUT2D eigenvalue weighted by molar-refractivity contribution is 0.00722. The van der Waals surface area contributed by atoms with Crippen molar-refractivity contribution in [2.45, 2.75) is 64.0 Å². The highest BCUT2D eigenvalue weighted by molar-refractivity contribution is 4.88. The van der Waals surface area contributed by atoms with Crippen molar-refractivity contribution < 1.29 is 9.50 Å². The highest BCUT2D eigenvalue weighted by atomic mass is 19.1. The molecule has 2 fully saturated rings. The van der Waals surface area contributed by atoms with Gasteiger partial charge in [0.2, 0.25) is 0 Å². The van der Waals surface area contributed by atoms with Gasteiger partial charge in [0.1, 0.15) is 0 Å². The quantitative estimate of drug-likeness (QED) is 0.837. The van der Waals surface area contributed by atoms with Crippen molar-refractivity contribution in [3.05, 3.63) is 0 Å². The van der Waals surface area contributed by atoms with Crippen molar-refractivity contribution in [2.24, 2.45) is 11.8 Å². The number of hydrogen-bond acceptors (Lipinski definition) is 2. The molecule has 1 N–H and O–H groups in total. The lowest BCUT2D eigenvalue weighted by Gasteiger charge is -2.44.